The van der Waals surface area contributed by atoms with Crippen LogP contribution in [-0.2, 0) is 25.4 Å². The number of hydrogen-bond acceptors (Lipinski definition) is 5. The molecule has 2 aromatic heterocycles. The number of aromatic nitrogens is 4. The molecule has 1 atom stereocenters. The number of aryl methyl sites for hydroxylation is 1. The second kappa shape index (κ2) is 7.14. The van der Waals surface area contributed by atoms with Gasteiger partial charge in [-0.05, 0) is 30.2 Å². The molecule has 1 N–H and O–H groups in total. The van der Waals surface area contributed by atoms with Crippen molar-refractivity contribution in [2.75, 3.05) is 5.75 Å². The number of imidazole rings is 1. The van der Waals surface area contributed by atoms with Gasteiger partial charge in [-0.3, -0.25) is 18.7 Å². The number of benzene rings is 1. The van der Waals surface area contributed by atoms with Crippen LogP contribution in [0.1, 0.15) is 18.0 Å². The van der Waals surface area contributed by atoms with Crippen molar-refractivity contribution in [3.8, 4) is 0 Å². The predicted molar refractivity (Wildman–Crippen MR) is 108 cm³/mol. The van der Waals surface area contributed by atoms with Gasteiger partial charge in [0.25, 0.3) is 5.56 Å². The Morgan fingerprint density at radius 1 is 1.32 bits per heavy atom. The van der Waals surface area contributed by atoms with E-state index < -0.39 is 11.2 Å². The highest BCUT2D eigenvalue weighted by Gasteiger charge is 2.23. The van der Waals surface area contributed by atoms with E-state index in [1.807, 2.05) is 18.2 Å². The third-order valence-electron chi connectivity index (χ3n) is 4.88. The normalized spacial score (nSPS) is 16.2. The van der Waals surface area contributed by atoms with Crippen molar-refractivity contribution >= 4 is 40.4 Å². The van der Waals surface area contributed by atoms with Gasteiger partial charge in [0.15, 0.2) is 11.2 Å². The quantitative estimate of drug-likeness (QED) is 0.693. The zero-order chi connectivity index (χ0) is 20.0. The lowest BCUT2D eigenvalue weighted by molar-refractivity contribution is -0.122. The maximum atomic E-state index is 12.7. The minimum absolute atomic E-state index is 0.0660. The highest BCUT2D eigenvalue weighted by Crippen LogP contribution is 2.37. The van der Waals surface area contributed by atoms with Crippen molar-refractivity contribution < 1.29 is 4.79 Å². The van der Waals surface area contributed by atoms with Crippen LogP contribution in [0.2, 0.25) is 5.02 Å². The van der Waals surface area contributed by atoms with Gasteiger partial charge in [-0.2, -0.15) is 0 Å². The number of fused-ring (bicyclic) bond motifs is 2. The highest BCUT2D eigenvalue weighted by atomic mass is 35.5. The molecule has 0 radical (unpaired) electrons. The smallest absolute Gasteiger partial charge is 0.332 e. The van der Waals surface area contributed by atoms with Crippen LogP contribution in [0.3, 0.4) is 0 Å². The van der Waals surface area contributed by atoms with Crippen LogP contribution in [0.5, 0.6) is 0 Å². The van der Waals surface area contributed by atoms with Crippen molar-refractivity contribution in [3.63, 3.8) is 0 Å². The molecule has 1 amide bonds. The van der Waals surface area contributed by atoms with Crippen LogP contribution in [0.4, 0.5) is 0 Å². The summed E-state index contributed by atoms with van der Waals surface area (Å²) in [5.74, 6) is 0.661. The molecule has 1 aromatic carbocycles. The molecule has 0 saturated carbocycles. The topological polar surface area (TPSA) is 90.9 Å². The van der Waals surface area contributed by atoms with E-state index in [0.717, 1.165) is 27.2 Å². The van der Waals surface area contributed by atoms with Gasteiger partial charge in [0, 0.05) is 29.8 Å². The molecule has 1 aliphatic rings. The monoisotopic (exact) mass is 419 g/mol. The first-order chi connectivity index (χ1) is 13.4. The van der Waals surface area contributed by atoms with Crippen molar-refractivity contribution in [1.82, 2.24) is 24.0 Å². The molecule has 0 aliphatic carbocycles. The largest absolute Gasteiger partial charge is 0.348 e. The number of nitrogens with zero attached hydrogens (tertiary/aromatic N) is 4. The zero-order valence-corrected chi connectivity index (χ0v) is 16.9. The maximum absolute atomic E-state index is 12.7. The summed E-state index contributed by atoms with van der Waals surface area (Å²) in [6.07, 6.45) is 2.21. The molecule has 146 valence electrons. The Morgan fingerprint density at radius 2 is 2.11 bits per heavy atom. The van der Waals surface area contributed by atoms with E-state index in [1.165, 1.54) is 22.5 Å². The van der Waals surface area contributed by atoms with Crippen LogP contribution in [0.15, 0.2) is 39.0 Å². The van der Waals surface area contributed by atoms with E-state index in [2.05, 4.69) is 10.3 Å². The van der Waals surface area contributed by atoms with Gasteiger partial charge in [-0.1, -0.05) is 11.6 Å². The summed E-state index contributed by atoms with van der Waals surface area (Å²) in [6.45, 7) is -0.0660. The van der Waals surface area contributed by atoms with Gasteiger partial charge in [-0.25, -0.2) is 9.78 Å². The fourth-order valence-electron chi connectivity index (χ4n) is 3.43. The number of amides is 1. The Morgan fingerprint density at radius 3 is 2.89 bits per heavy atom. The Bertz CT molecular complexity index is 1210. The molecule has 3 heterocycles. The first-order valence-corrected chi connectivity index (χ1v) is 10.1. The van der Waals surface area contributed by atoms with Crippen LogP contribution < -0.4 is 16.6 Å². The Hall–Kier alpha value is -2.52. The van der Waals surface area contributed by atoms with Gasteiger partial charge in [0.05, 0.1) is 12.4 Å². The first kappa shape index (κ1) is 18.8. The van der Waals surface area contributed by atoms with E-state index in [9.17, 15) is 14.4 Å². The molecule has 0 spiro atoms. The average molecular weight is 420 g/mol. The number of halogens is 1. The fraction of sp³-hybridized carbons (Fsp3) is 0.333. The fourth-order valence-corrected chi connectivity index (χ4v) is 4.71. The Balaban J connectivity index is 1.62. The summed E-state index contributed by atoms with van der Waals surface area (Å²) in [5, 5.41) is 3.66. The Kier molecular flexibility index (Phi) is 4.80. The number of hydrogen-bond donors (Lipinski definition) is 1. The molecule has 3 aromatic rings. The summed E-state index contributed by atoms with van der Waals surface area (Å²) in [7, 11) is 2.95. The molecule has 0 fully saturated rings. The van der Waals surface area contributed by atoms with Crippen LogP contribution in [0.25, 0.3) is 11.2 Å². The molecule has 10 heteroatoms. The zero-order valence-electron chi connectivity index (χ0n) is 15.3. The highest BCUT2D eigenvalue weighted by molar-refractivity contribution is 7.99. The lowest BCUT2D eigenvalue weighted by atomic mass is 10.0. The molecule has 1 aliphatic heterocycles. The van der Waals surface area contributed by atoms with Crippen LogP contribution in [0, 0.1) is 0 Å². The van der Waals surface area contributed by atoms with Gasteiger partial charge in [-0.15, -0.1) is 11.8 Å². The van der Waals surface area contributed by atoms with E-state index >= 15 is 0 Å². The molecule has 4 rings (SSSR count). The summed E-state index contributed by atoms with van der Waals surface area (Å²) in [5.41, 5.74) is 0.551. The average Bonchev–Trinajstić information content (AvgIpc) is 3.08. The standard InChI is InChI=1S/C18H18ClN5O3S/c1-22-16-15(17(26)23(2)18(22)27)24(9-20-16)8-14(25)21-12-5-6-28-13-4-3-10(19)7-11(12)13/h3-4,7,9,12H,5-6,8H2,1-2H3,(H,21,25)/t12-/m0/s1. The van der Waals surface area contributed by atoms with Crippen molar-refractivity contribution in [1.29, 1.82) is 0 Å². The number of carbonyl (C=O) groups excluding carboxylic acids is 1. The summed E-state index contributed by atoms with van der Waals surface area (Å²) in [6, 6.07) is 5.56. The van der Waals surface area contributed by atoms with Crippen molar-refractivity contribution in [2.45, 2.75) is 23.9 Å². The number of nitrogens with one attached hydrogen (secondary N) is 1. The van der Waals surface area contributed by atoms with Gasteiger partial charge in [0.2, 0.25) is 5.91 Å². The number of rotatable bonds is 3. The SMILES string of the molecule is Cn1c(=O)c2c(ncn2CC(=O)N[C@H]2CCSc3ccc(Cl)cc32)n(C)c1=O. The minimum Gasteiger partial charge on any atom is -0.348 e. The number of carbonyl (C=O) groups is 1. The van der Waals surface area contributed by atoms with Gasteiger partial charge in [0.1, 0.15) is 6.54 Å². The lowest BCUT2D eigenvalue weighted by Gasteiger charge is -2.26. The van der Waals surface area contributed by atoms with Crippen LogP contribution >= 0.6 is 23.4 Å². The van der Waals surface area contributed by atoms with Crippen LogP contribution in [-0.4, -0.2) is 30.3 Å². The van der Waals surface area contributed by atoms with Crippen molar-refractivity contribution in [3.05, 3.63) is 56.0 Å². The molecule has 28 heavy (non-hydrogen) atoms. The summed E-state index contributed by atoms with van der Waals surface area (Å²) >= 11 is 7.86. The predicted octanol–water partition coefficient (Wildman–Crippen LogP) is 1.44. The van der Waals surface area contributed by atoms with E-state index in [-0.39, 0.29) is 29.7 Å². The number of thioether (sulfide) groups is 1. The molecular formula is C18H18ClN5O3S. The molecule has 0 saturated heterocycles. The van der Waals surface area contributed by atoms with E-state index in [4.69, 9.17) is 11.6 Å². The van der Waals surface area contributed by atoms with Gasteiger partial charge < -0.3 is 9.88 Å². The third-order valence-corrected chi connectivity index (χ3v) is 6.24. The van der Waals surface area contributed by atoms with E-state index in [1.54, 1.807) is 18.8 Å². The first-order valence-electron chi connectivity index (χ1n) is 8.69. The van der Waals surface area contributed by atoms with Gasteiger partial charge >= 0.3 is 5.69 Å². The molecule has 0 unspecified atom stereocenters. The second-order valence-electron chi connectivity index (χ2n) is 6.69. The molecule has 8 nitrogen and oxygen atoms in total. The Labute approximate surface area is 169 Å². The molecular weight excluding hydrogens is 402 g/mol. The minimum atomic E-state index is -0.477. The molecule has 0 bridgehead atoms. The van der Waals surface area contributed by atoms with Crippen molar-refractivity contribution in [2.24, 2.45) is 14.1 Å². The lowest BCUT2D eigenvalue weighted by Crippen LogP contribution is -2.38. The second-order valence-corrected chi connectivity index (χ2v) is 8.26. The summed E-state index contributed by atoms with van der Waals surface area (Å²) < 4.78 is 3.78. The van der Waals surface area contributed by atoms with E-state index in [0.29, 0.717) is 5.02 Å². The summed E-state index contributed by atoms with van der Waals surface area (Å²) in [4.78, 5) is 42.5. The third kappa shape index (κ3) is 3.14. The maximum Gasteiger partial charge on any atom is 0.332 e.